The van der Waals surface area contributed by atoms with Gasteiger partial charge in [0.15, 0.2) is 5.82 Å². The second-order valence-corrected chi connectivity index (χ2v) is 7.26. The molecule has 0 bridgehead atoms. The first-order valence-electron chi connectivity index (χ1n) is 9.50. The summed E-state index contributed by atoms with van der Waals surface area (Å²) in [6, 6.07) is 16.2. The number of aromatic nitrogens is 4. The van der Waals surface area contributed by atoms with E-state index in [1.54, 1.807) is 11.7 Å². The van der Waals surface area contributed by atoms with Crippen LogP contribution in [0.25, 0.3) is 11.4 Å². The molecular weight excluding hydrogens is 352 g/mol. The third kappa shape index (κ3) is 3.94. The molecular formula is C21H24N6O. The van der Waals surface area contributed by atoms with E-state index in [-0.39, 0.29) is 5.91 Å². The van der Waals surface area contributed by atoms with Crippen molar-refractivity contribution in [2.75, 3.05) is 26.2 Å². The van der Waals surface area contributed by atoms with Gasteiger partial charge in [0.05, 0.1) is 0 Å². The summed E-state index contributed by atoms with van der Waals surface area (Å²) in [6.45, 7) is 6.26. The second-order valence-electron chi connectivity index (χ2n) is 7.26. The largest absolute Gasteiger partial charge is 0.336 e. The lowest BCUT2D eigenvalue weighted by atomic mass is 10.1. The van der Waals surface area contributed by atoms with Crippen molar-refractivity contribution in [3.05, 3.63) is 65.2 Å². The number of rotatable bonds is 4. The predicted octanol–water partition coefficient (Wildman–Crippen LogP) is 2.14. The monoisotopic (exact) mass is 376 g/mol. The summed E-state index contributed by atoms with van der Waals surface area (Å²) >= 11 is 0. The minimum atomic E-state index is 0.0620. The van der Waals surface area contributed by atoms with Gasteiger partial charge >= 0.3 is 0 Å². The molecule has 2 aromatic carbocycles. The Balaban J connectivity index is 1.39. The number of aryl methyl sites for hydroxylation is 2. The lowest BCUT2D eigenvalue weighted by Crippen LogP contribution is -2.48. The molecule has 1 aromatic heterocycles. The minimum absolute atomic E-state index is 0.0620. The van der Waals surface area contributed by atoms with E-state index >= 15 is 0 Å². The smallest absolute Gasteiger partial charge is 0.253 e. The fourth-order valence-electron chi connectivity index (χ4n) is 3.51. The van der Waals surface area contributed by atoms with Crippen LogP contribution in [0.3, 0.4) is 0 Å². The van der Waals surface area contributed by atoms with E-state index in [1.807, 2.05) is 29.2 Å². The standard InChI is InChI=1S/C21H24N6O/c1-16-6-8-17(9-7-16)15-26-10-12-27(13-11-26)21(28)19-5-3-4-18(14-19)20-22-23-24-25(20)2/h3-9,14H,10-13,15H2,1-2H3. The molecule has 144 valence electrons. The van der Waals surface area contributed by atoms with Gasteiger partial charge in [-0.2, -0.15) is 0 Å². The fourth-order valence-corrected chi connectivity index (χ4v) is 3.51. The Morgan fingerprint density at radius 1 is 1.04 bits per heavy atom. The van der Waals surface area contributed by atoms with Gasteiger partial charge in [0.1, 0.15) is 0 Å². The lowest BCUT2D eigenvalue weighted by Gasteiger charge is -2.34. The first-order chi connectivity index (χ1) is 13.6. The van der Waals surface area contributed by atoms with Crippen molar-refractivity contribution in [3.8, 4) is 11.4 Å². The molecule has 1 saturated heterocycles. The van der Waals surface area contributed by atoms with Gasteiger partial charge in [-0.05, 0) is 35.0 Å². The highest BCUT2D eigenvalue weighted by molar-refractivity contribution is 5.95. The highest BCUT2D eigenvalue weighted by atomic mass is 16.2. The van der Waals surface area contributed by atoms with Crippen LogP contribution in [0, 0.1) is 6.92 Å². The van der Waals surface area contributed by atoms with Crippen LogP contribution in [0.5, 0.6) is 0 Å². The summed E-state index contributed by atoms with van der Waals surface area (Å²) in [6.07, 6.45) is 0. The number of carbonyl (C=O) groups excluding carboxylic acids is 1. The quantitative estimate of drug-likeness (QED) is 0.698. The molecule has 28 heavy (non-hydrogen) atoms. The maximum absolute atomic E-state index is 13.0. The van der Waals surface area contributed by atoms with Crippen LogP contribution >= 0.6 is 0 Å². The predicted molar refractivity (Wildman–Crippen MR) is 107 cm³/mol. The van der Waals surface area contributed by atoms with Gasteiger partial charge in [-0.15, -0.1) is 5.10 Å². The SMILES string of the molecule is Cc1ccc(CN2CCN(C(=O)c3cccc(-c4nnnn4C)c3)CC2)cc1. The highest BCUT2D eigenvalue weighted by Gasteiger charge is 2.22. The molecule has 1 fully saturated rings. The Labute approximate surface area is 164 Å². The van der Waals surface area contributed by atoms with Gasteiger partial charge in [-0.3, -0.25) is 9.69 Å². The zero-order chi connectivity index (χ0) is 19.5. The fraction of sp³-hybridized carbons (Fsp3) is 0.333. The van der Waals surface area contributed by atoms with Gasteiger partial charge in [-0.1, -0.05) is 42.0 Å². The molecule has 1 amide bonds. The Morgan fingerprint density at radius 2 is 1.79 bits per heavy atom. The molecule has 0 saturated carbocycles. The highest BCUT2D eigenvalue weighted by Crippen LogP contribution is 2.19. The van der Waals surface area contributed by atoms with Crippen molar-refractivity contribution in [2.45, 2.75) is 13.5 Å². The molecule has 0 N–H and O–H groups in total. The first kappa shape index (κ1) is 18.3. The van der Waals surface area contributed by atoms with E-state index in [1.165, 1.54) is 11.1 Å². The average molecular weight is 376 g/mol. The maximum atomic E-state index is 13.0. The van der Waals surface area contributed by atoms with Gasteiger partial charge in [-0.25, -0.2) is 4.68 Å². The van der Waals surface area contributed by atoms with Crippen molar-refractivity contribution >= 4 is 5.91 Å². The van der Waals surface area contributed by atoms with Crippen LogP contribution < -0.4 is 0 Å². The summed E-state index contributed by atoms with van der Waals surface area (Å²) in [5, 5.41) is 11.6. The maximum Gasteiger partial charge on any atom is 0.253 e. The molecule has 7 nitrogen and oxygen atoms in total. The van der Waals surface area contributed by atoms with Gasteiger partial charge in [0.25, 0.3) is 5.91 Å². The van der Waals surface area contributed by atoms with E-state index in [0.29, 0.717) is 11.4 Å². The number of tetrazole rings is 1. The van der Waals surface area contributed by atoms with Gasteiger partial charge < -0.3 is 4.90 Å². The second kappa shape index (κ2) is 7.90. The first-order valence-corrected chi connectivity index (χ1v) is 9.50. The average Bonchev–Trinajstić information content (AvgIpc) is 3.16. The van der Waals surface area contributed by atoms with Crippen LogP contribution in [0.4, 0.5) is 0 Å². The zero-order valence-corrected chi connectivity index (χ0v) is 16.2. The number of amides is 1. The van der Waals surface area contributed by atoms with E-state index in [2.05, 4.69) is 51.6 Å². The Bertz CT molecular complexity index is 957. The molecule has 0 atom stereocenters. The summed E-state index contributed by atoms with van der Waals surface area (Å²) in [5.41, 5.74) is 4.11. The third-order valence-electron chi connectivity index (χ3n) is 5.17. The number of benzene rings is 2. The third-order valence-corrected chi connectivity index (χ3v) is 5.17. The van der Waals surface area contributed by atoms with Crippen molar-refractivity contribution in [1.82, 2.24) is 30.0 Å². The number of carbonyl (C=O) groups is 1. The Hall–Kier alpha value is -3.06. The van der Waals surface area contributed by atoms with Gasteiger partial charge in [0, 0.05) is 50.9 Å². The molecule has 0 radical (unpaired) electrons. The summed E-state index contributed by atoms with van der Waals surface area (Å²) in [5.74, 6) is 0.713. The van der Waals surface area contributed by atoms with Crippen LogP contribution in [-0.2, 0) is 13.6 Å². The zero-order valence-electron chi connectivity index (χ0n) is 16.2. The van der Waals surface area contributed by atoms with Crippen molar-refractivity contribution in [3.63, 3.8) is 0 Å². The van der Waals surface area contributed by atoms with Crippen LogP contribution in [0.2, 0.25) is 0 Å². The summed E-state index contributed by atoms with van der Waals surface area (Å²) in [7, 11) is 1.79. The topological polar surface area (TPSA) is 67.2 Å². The van der Waals surface area contributed by atoms with Crippen molar-refractivity contribution in [1.29, 1.82) is 0 Å². The molecule has 1 aliphatic heterocycles. The number of piperazine rings is 1. The van der Waals surface area contributed by atoms with E-state index in [0.717, 1.165) is 38.3 Å². The molecule has 1 aliphatic rings. The molecule has 4 rings (SSSR count). The van der Waals surface area contributed by atoms with Crippen LogP contribution in [0.1, 0.15) is 21.5 Å². The molecule has 7 heteroatoms. The van der Waals surface area contributed by atoms with Crippen molar-refractivity contribution in [2.24, 2.45) is 7.05 Å². The lowest BCUT2D eigenvalue weighted by molar-refractivity contribution is 0.0628. The van der Waals surface area contributed by atoms with Crippen LogP contribution in [-0.4, -0.2) is 62.1 Å². The van der Waals surface area contributed by atoms with Crippen LogP contribution in [0.15, 0.2) is 48.5 Å². The number of nitrogens with zero attached hydrogens (tertiary/aromatic N) is 6. The molecule has 3 aromatic rings. The van der Waals surface area contributed by atoms with E-state index in [4.69, 9.17) is 0 Å². The van der Waals surface area contributed by atoms with Crippen molar-refractivity contribution < 1.29 is 4.79 Å². The summed E-state index contributed by atoms with van der Waals surface area (Å²) in [4.78, 5) is 17.3. The normalized spacial score (nSPS) is 15.0. The molecule has 0 unspecified atom stereocenters. The van der Waals surface area contributed by atoms with E-state index in [9.17, 15) is 4.79 Å². The number of hydrogen-bond acceptors (Lipinski definition) is 5. The number of hydrogen-bond donors (Lipinski definition) is 0. The minimum Gasteiger partial charge on any atom is -0.336 e. The van der Waals surface area contributed by atoms with Gasteiger partial charge in [0.2, 0.25) is 0 Å². The van der Waals surface area contributed by atoms with E-state index < -0.39 is 0 Å². The summed E-state index contributed by atoms with van der Waals surface area (Å²) < 4.78 is 1.60. The Kier molecular flexibility index (Phi) is 5.16. The Morgan fingerprint density at radius 3 is 2.46 bits per heavy atom. The molecule has 2 heterocycles. The molecule has 0 aliphatic carbocycles. The molecule has 0 spiro atoms.